The number of hydrogen-bond donors (Lipinski definition) is 2. The van der Waals surface area contributed by atoms with Crippen LogP contribution >= 0.6 is 35.3 Å². The molecular weight excluding hydrogens is 541 g/mol. The van der Waals surface area contributed by atoms with E-state index >= 15 is 0 Å². The molecule has 0 aliphatic rings. The van der Waals surface area contributed by atoms with Crippen molar-refractivity contribution in [2.24, 2.45) is 0 Å². The smallest absolute Gasteiger partial charge is 0.442 e. The molecule has 0 fully saturated rings. The summed E-state index contributed by atoms with van der Waals surface area (Å²) in [4.78, 5) is 20.8. The second-order valence-electron chi connectivity index (χ2n) is 7.20. The van der Waals surface area contributed by atoms with Gasteiger partial charge in [0.15, 0.2) is 5.78 Å². The van der Waals surface area contributed by atoms with Crippen molar-refractivity contribution in [3.05, 3.63) is 51.5 Å². The van der Waals surface area contributed by atoms with Crippen LogP contribution in [0.5, 0.6) is 17.2 Å². The summed E-state index contributed by atoms with van der Waals surface area (Å²) in [5.41, 5.74) is 1.82. The fourth-order valence-electron chi connectivity index (χ4n) is 2.95. The average molecular weight is 567 g/mol. The average Bonchev–Trinajstić information content (AvgIpc) is 2.74. The van der Waals surface area contributed by atoms with Crippen LogP contribution in [0.2, 0.25) is 0 Å². The van der Waals surface area contributed by atoms with E-state index in [1.807, 2.05) is 6.92 Å². The van der Waals surface area contributed by atoms with Crippen LogP contribution in [0.4, 0.5) is 8.78 Å². The molecular formula is C22H26BrF2O6PS. The molecule has 2 N–H and O–H groups in total. The van der Waals surface area contributed by atoms with Crippen LogP contribution in [0, 0.1) is 0 Å². The van der Waals surface area contributed by atoms with Gasteiger partial charge in [0, 0.05) is 11.3 Å². The van der Waals surface area contributed by atoms with Gasteiger partial charge in [-0.3, -0.25) is 4.79 Å². The third-order valence-corrected chi connectivity index (χ3v) is 7.24. The molecule has 0 aromatic heterocycles. The molecule has 182 valence electrons. The summed E-state index contributed by atoms with van der Waals surface area (Å²) < 4.78 is 47.1. The Morgan fingerprint density at radius 3 is 2.55 bits per heavy atom. The second kappa shape index (κ2) is 12.7. The van der Waals surface area contributed by atoms with Crippen LogP contribution < -0.4 is 9.26 Å². The van der Waals surface area contributed by atoms with Crippen molar-refractivity contribution in [3.63, 3.8) is 0 Å². The summed E-state index contributed by atoms with van der Waals surface area (Å²) in [7, 11) is -5.02. The van der Waals surface area contributed by atoms with Gasteiger partial charge >= 0.3 is 13.8 Å². The van der Waals surface area contributed by atoms with Gasteiger partial charge in [0.25, 0.3) is 0 Å². The first-order valence-electron chi connectivity index (χ1n) is 10.2. The zero-order valence-electron chi connectivity index (χ0n) is 18.2. The fraction of sp³-hybridized carbons (Fsp3) is 0.409. The number of carbonyl (C=O) groups is 1. The minimum absolute atomic E-state index is 0.0136. The number of phenolic OH excluding ortho intramolecular Hbond substituents is 1. The minimum atomic E-state index is -5.02. The Bertz CT molecular complexity index is 1020. The summed E-state index contributed by atoms with van der Waals surface area (Å²) in [6.45, 7) is 3.84. The lowest BCUT2D eigenvalue weighted by Gasteiger charge is -2.15. The maximum absolute atomic E-state index is 12.5. The number of aromatic hydroxyl groups is 1. The number of carbonyl (C=O) groups excluding carboxylic acids is 1. The molecule has 0 bridgehead atoms. The van der Waals surface area contributed by atoms with E-state index in [2.05, 4.69) is 20.5 Å². The predicted octanol–water partition coefficient (Wildman–Crippen LogP) is 6.80. The standard InChI is InChI=1S/C22H26BrF2O6PS/c1-3-5-17-19(9-7-16(14(2)26)21(17)27)30-10-4-11-33-13-15-6-8-20(18(23)12-15)31-32(28,29)22(24)25/h6-9,12,22,27H,3-5,10-11,13H2,1-2H3,(H,28,29). The Hall–Kier alpha value is -1.61. The van der Waals surface area contributed by atoms with Crippen molar-refractivity contribution in [2.45, 2.75) is 45.0 Å². The Balaban J connectivity index is 1.83. The van der Waals surface area contributed by atoms with Gasteiger partial charge in [-0.25, -0.2) is 4.57 Å². The Morgan fingerprint density at radius 2 is 1.94 bits per heavy atom. The molecule has 0 saturated heterocycles. The van der Waals surface area contributed by atoms with E-state index in [1.165, 1.54) is 13.0 Å². The first-order valence-corrected chi connectivity index (χ1v) is 13.8. The molecule has 0 heterocycles. The fourth-order valence-corrected chi connectivity index (χ4v) is 4.99. The van der Waals surface area contributed by atoms with Crippen molar-refractivity contribution in [1.82, 2.24) is 0 Å². The lowest BCUT2D eigenvalue weighted by Crippen LogP contribution is -2.04. The number of benzene rings is 2. The number of rotatable bonds is 13. The number of ketones is 1. The van der Waals surface area contributed by atoms with Crippen LogP contribution in [-0.4, -0.2) is 34.3 Å². The summed E-state index contributed by atoms with van der Waals surface area (Å²) in [5, 5.41) is 10.4. The van der Waals surface area contributed by atoms with Gasteiger partial charge < -0.3 is 19.3 Å². The number of phenols is 1. The molecule has 0 radical (unpaired) electrons. The van der Waals surface area contributed by atoms with Gasteiger partial charge in [0.05, 0.1) is 16.6 Å². The van der Waals surface area contributed by atoms with Crippen molar-refractivity contribution >= 4 is 41.1 Å². The number of alkyl halides is 2. The van der Waals surface area contributed by atoms with E-state index in [0.717, 1.165) is 24.2 Å². The highest BCUT2D eigenvalue weighted by Crippen LogP contribution is 2.50. The number of thioether (sulfide) groups is 1. The van der Waals surface area contributed by atoms with Crippen LogP contribution in [-0.2, 0) is 16.7 Å². The van der Waals surface area contributed by atoms with Gasteiger partial charge in [0.2, 0.25) is 0 Å². The summed E-state index contributed by atoms with van der Waals surface area (Å²) in [6, 6.07) is 7.96. The van der Waals surface area contributed by atoms with Crippen LogP contribution in [0.1, 0.15) is 48.2 Å². The SMILES string of the molecule is CCCc1c(OCCCSCc2ccc(OP(=O)(O)C(F)F)c(Br)c2)ccc(C(C)=O)c1O. The molecule has 0 aliphatic heterocycles. The third kappa shape index (κ3) is 7.98. The van der Waals surface area contributed by atoms with E-state index in [-0.39, 0.29) is 17.3 Å². The molecule has 0 saturated carbocycles. The molecule has 2 aromatic rings. The molecule has 2 aromatic carbocycles. The van der Waals surface area contributed by atoms with Crippen molar-refractivity contribution in [3.8, 4) is 17.2 Å². The molecule has 1 unspecified atom stereocenters. The Labute approximate surface area is 204 Å². The first-order chi connectivity index (χ1) is 15.6. The minimum Gasteiger partial charge on any atom is -0.507 e. The van der Waals surface area contributed by atoms with E-state index in [0.29, 0.717) is 40.1 Å². The van der Waals surface area contributed by atoms with Gasteiger partial charge in [-0.1, -0.05) is 19.4 Å². The number of hydrogen-bond acceptors (Lipinski definition) is 6. The monoisotopic (exact) mass is 566 g/mol. The van der Waals surface area contributed by atoms with E-state index in [1.54, 1.807) is 36.0 Å². The maximum atomic E-state index is 12.5. The van der Waals surface area contributed by atoms with Crippen LogP contribution in [0.3, 0.4) is 0 Å². The molecule has 6 nitrogen and oxygen atoms in total. The number of Topliss-reactive ketones (excluding diaryl/α,β-unsaturated/α-hetero) is 1. The molecule has 1 atom stereocenters. The van der Waals surface area contributed by atoms with Crippen LogP contribution in [0.25, 0.3) is 0 Å². The quantitative estimate of drug-likeness (QED) is 0.156. The summed E-state index contributed by atoms with van der Waals surface area (Å²) in [5.74, 6) is 1.67. The molecule has 11 heteroatoms. The van der Waals surface area contributed by atoms with Gasteiger partial charge in [-0.05, 0) is 71.3 Å². The lowest BCUT2D eigenvalue weighted by molar-refractivity contribution is 0.101. The Kier molecular flexibility index (Phi) is 10.7. The van der Waals surface area contributed by atoms with E-state index in [4.69, 9.17) is 9.63 Å². The zero-order chi connectivity index (χ0) is 24.6. The highest BCUT2D eigenvalue weighted by atomic mass is 79.9. The summed E-state index contributed by atoms with van der Waals surface area (Å²) >= 11 is 4.81. The Morgan fingerprint density at radius 1 is 1.24 bits per heavy atom. The molecule has 0 amide bonds. The largest absolute Gasteiger partial charge is 0.507 e. The van der Waals surface area contributed by atoms with Crippen molar-refractivity contribution < 1.29 is 37.4 Å². The third-order valence-electron chi connectivity index (χ3n) is 4.55. The molecule has 0 aliphatic carbocycles. The normalized spacial score (nSPS) is 13.1. The van der Waals surface area contributed by atoms with E-state index < -0.39 is 13.8 Å². The van der Waals surface area contributed by atoms with Crippen molar-refractivity contribution in [1.29, 1.82) is 0 Å². The summed E-state index contributed by atoms with van der Waals surface area (Å²) in [6.07, 6.45) is -1.32. The predicted molar refractivity (Wildman–Crippen MR) is 129 cm³/mol. The van der Waals surface area contributed by atoms with E-state index in [9.17, 15) is 23.2 Å². The molecule has 2 rings (SSSR count). The van der Waals surface area contributed by atoms with Gasteiger partial charge in [-0.2, -0.15) is 20.5 Å². The lowest BCUT2D eigenvalue weighted by atomic mass is 10.0. The first kappa shape index (κ1) is 27.6. The molecule has 0 spiro atoms. The van der Waals surface area contributed by atoms with Gasteiger partial charge in [0.1, 0.15) is 17.2 Å². The van der Waals surface area contributed by atoms with Gasteiger partial charge in [-0.15, -0.1) is 0 Å². The topological polar surface area (TPSA) is 93.1 Å². The van der Waals surface area contributed by atoms with Crippen molar-refractivity contribution in [2.75, 3.05) is 12.4 Å². The van der Waals surface area contributed by atoms with Crippen LogP contribution in [0.15, 0.2) is 34.8 Å². The zero-order valence-corrected chi connectivity index (χ0v) is 21.5. The second-order valence-corrected chi connectivity index (χ2v) is 10.9. The number of ether oxygens (including phenoxy) is 1. The maximum Gasteiger partial charge on any atom is 0.442 e. The molecule has 33 heavy (non-hydrogen) atoms. The highest BCUT2D eigenvalue weighted by Gasteiger charge is 2.34. The highest BCUT2D eigenvalue weighted by molar-refractivity contribution is 9.10. The number of halogens is 3.